The Morgan fingerprint density at radius 3 is 2.70 bits per heavy atom. The zero-order valence-electron chi connectivity index (χ0n) is 21.1. The molecule has 1 spiro atoms. The Balaban J connectivity index is 1.02. The van der Waals surface area contributed by atoms with Crippen LogP contribution >= 0.6 is 23.2 Å². The van der Waals surface area contributed by atoms with Crippen molar-refractivity contribution >= 4 is 40.6 Å². The molecule has 2 aromatic heterocycles. The number of nitrogens with one attached hydrogen (secondary N) is 1. The number of ether oxygens (including phenoxy) is 1. The van der Waals surface area contributed by atoms with Crippen molar-refractivity contribution in [3.63, 3.8) is 0 Å². The van der Waals surface area contributed by atoms with Gasteiger partial charge in [-0.2, -0.15) is 19.6 Å². The van der Waals surface area contributed by atoms with E-state index in [-0.39, 0.29) is 6.04 Å². The number of piperidine rings is 1. The Kier molecular flexibility index (Phi) is 5.99. The van der Waals surface area contributed by atoms with Gasteiger partial charge in [0.05, 0.1) is 19.3 Å². The lowest BCUT2D eigenvalue weighted by Crippen LogP contribution is -2.62. The maximum atomic E-state index is 6.47. The van der Waals surface area contributed by atoms with Crippen LogP contribution in [0.5, 0.6) is 0 Å². The molecule has 1 aliphatic carbocycles. The lowest BCUT2D eigenvalue weighted by molar-refractivity contribution is -0.187. The van der Waals surface area contributed by atoms with Gasteiger partial charge in [0, 0.05) is 47.2 Å². The Labute approximate surface area is 227 Å². The predicted molar refractivity (Wildman–Crippen MR) is 146 cm³/mol. The Bertz CT molecular complexity index is 1300. The van der Waals surface area contributed by atoms with Crippen LogP contribution in [0.3, 0.4) is 0 Å². The van der Waals surface area contributed by atoms with E-state index < -0.39 is 0 Å². The molecule has 1 N–H and O–H groups in total. The fourth-order valence-corrected chi connectivity index (χ4v) is 7.37. The molecule has 1 aromatic carbocycles. The van der Waals surface area contributed by atoms with Crippen LogP contribution in [-0.2, 0) is 4.74 Å². The molecule has 0 bridgehead atoms. The second-order valence-corrected chi connectivity index (χ2v) is 12.5. The molecule has 8 nitrogen and oxygen atoms in total. The number of nitrogens with zero attached hydrogens (tertiary/aromatic N) is 6. The second-order valence-electron chi connectivity index (χ2n) is 11.6. The van der Waals surface area contributed by atoms with Crippen LogP contribution in [0.2, 0.25) is 10.0 Å². The van der Waals surface area contributed by atoms with Gasteiger partial charge < -0.3 is 19.9 Å². The molecule has 4 fully saturated rings. The number of fused-ring (bicyclic) bond motifs is 1. The van der Waals surface area contributed by atoms with Gasteiger partial charge in [-0.3, -0.25) is 0 Å². The normalized spacial score (nSPS) is 25.1. The van der Waals surface area contributed by atoms with Gasteiger partial charge >= 0.3 is 0 Å². The third-order valence-electron chi connectivity index (χ3n) is 9.09. The maximum absolute atomic E-state index is 6.47. The van der Waals surface area contributed by atoms with Gasteiger partial charge in [0.2, 0.25) is 0 Å². The molecule has 0 radical (unpaired) electrons. The quantitative estimate of drug-likeness (QED) is 0.474. The standard InChI is InChI=1S/C27H33Cl2N7O/c1-17(22-5-4-20(28)7-23(22)29)32-25-8-24(33-26-30-16-31-36(25)26)35-12-19(13-35)18-3-2-6-34(11-18)21-9-27(10-21)14-37-15-27/h4-5,7-8,16-19,21,32H,2-3,6,9-15H2,1H3/t17-,18+/m1/s1. The minimum atomic E-state index is -0.0399. The van der Waals surface area contributed by atoms with Crippen molar-refractivity contribution in [3.8, 4) is 0 Å². The molecule has 10 heteroatoms. The van der Waals surface area contributed by atoms with Crippen LogP contribution < -0.4 is 10.2 Å². The highest BCUT2D eigenvalue weighted by molar-refractivity contribution is 6.35. The first-order valence-corrected chi connectivity index (χ1v) is 14.2. The molecule has 0 amide bonds. The first-order chi connectivity index (χ1) is 18.0. The summed E-state index contributed by atoms with van der Waals surface area (Å²) in [6.07, 6.45) is 6.90. The monoisotopic (exact) mass is 541 g/mol. The molecule has 2 atom stereocenters. The third-order valence-corrected chi connectivity index (χ3v) is 9.65. The summed E-state index contributed by atoms with van der Waals surface area (Å²) >= 11 is 12.6. The van der Waals surface area contributed by atoms with Gasteiger partial charge in [0.25, 0.3) is 5.78 Å². The molecule has 0 unspecified atom stereocenters. The SMILES string of the molecule is C[C@@H](Nc1cc(N2CC([C@H]3CCCN(C4CC5(COC5)C4)C3)C2)nc2ncnn12)c1ccc(Cl)cc1Cl. The molecular formula is C27H33Cl2N7O. The largest absolute Gasteiger partial charge is 0.380 e. The van der Waals surface area contributed by atoms with Gasteiger partial charge in [0.1, 0.15) is 18.0 Å². The fourth-order valence-electron chi connectivity index (χ4n) is 6.80. The topological polar surface area (TPSA) is 70.8 Å². The van der Waals surface area contributed by atoms with Gasteiger partial charge in [-0.25, -0.2) is 0 Å². The number of hydrogen-bond acceptors (Lipinski definition) is 7. The van der Waals surface area contributed by atoms with Crippen LogP contribution in [0.15, 0.2) is 30.6 Å². The number of rotatable bonds is 6. The smallest absolute Gasteiger partial charge is 0.256 e. The fraction of sp³-hybridized carbons (Fsp3) is 0.593. The highest BCUT2D eigenvalue weighted by Crippen LogP contribution is 2.50. The molecule has 3 aromatic rings. The number of halogens is 2. The number of anilines is 2. The highest BCUT2D eigenvalue weighted by atomic mass is 35.5. The molecular weight excluding hydrogens is 509 g/mol. The first kappa shape index (κ1) is 23.9. The molecule has 5 heterocycles. The average Bonchev–Trinajstić information content (AvgIpc) is 3.26. The van der Waals surface area contributed by atoms with E-state index in [9.17, 15) is 0 Å². The van der Waals surface area contributed by atoms with Crippen molar-refractivity contribution in [2.24, 2.45) is 17.3 Å². The van der Waals surface area contributed by atoms with E-state index in [2.05, 4.69) is 38.2 Å². The first-order valence-electron chi connectivity index (χ1n) is 13.5. The summed E-state index contributed by atoms with van der Waals surface area (Å²) in [7, 11) is 0. The summed E-state index contributed by atoms with van der Waals surface area (Å²) in [5, 5.41) is 9.22. The van der Waals surface area contributed by atoms with Crippen molar-refractivity contribution in [1.82, 2.24) is 24.5 Å². The summed E-state index contributed by atoms with van der Waals surface area (Å²) in [6.45, 7) is 8.68. The van der Waals surface area contributed by atoms with E-state index in [4.69, 9.17) is 32.9 Å². The summed E-state index contributed by atoms with van der Waals surface area (Å²) < 4.78 is 7.23. The minimum Gasteiger partial charge on any atom is -0.380 e. The highest BCUT2D eigenvalue weighted by Gasteiger charge is 2.52. The molecule has 3 aliphatic heterocycles. The Morgan fingerprint density at radius 1 is 1.11 bits per heavy atom. The Hall–Kier alpha value is -2.13. The molecule has 196 valence electrons. The van der Waals surface area contributed by atoms with Crippen molar-refractivity contribution in [3.05, 3.63) is 46.2 Å². The van der Waals surface area contributed by atoms with Crippen molar-refractivity contribution < 1.29 is 4.74 Å². The van der Waals surface area contributed by atoms with Crippen molar-refractivity contribution in [2.75, 3.05) is 49.6 Å². The molecule has 37 heavy (non-hydrogen) atoms. The number of likely N-dealkylation sites (tertiary alicyclic amines) is 1. The number of hydrogen-bond donors (Lipinski definition) is 1. The van der Waals surface area contributed by atoms with Crippen LogP contribution in [0, 0.1) is 17.3 Å². The van der Waals surface area contributed by atoms with Gasteiger partial charge in [-0.1, -0.05) is 29.3 Å². The van der Waals surface area contributed by atoms with Gasteiger partial charge in [0.15, 0.2) is 0 Å². The summed E-state index contributed by atoms with van der Waals surface area (Å²) in [5.74, 6) is 3.90. The maximum Gasteiger partial charge on any atom is 0.256 e. The minimum absolute atomic E-state index is 0.0399. The van der Waals surface area contributed by atoms with Crippen LogP contribution in [0.4, 0.5) is 11.6 Å². The van der Waals surface area contributed by atoms with E-state index in [0.29, 0.717) is 21.2 Å². The summed E-state index contributed by atoms with van der Waals surface area (Å²) in [4.78, 5) is 14.4. The molecule has 4 aliphatic rings. The average molecular weight is 543 g/mol. The van der Waals surface area contributed by atoms with E-state index in [1.165, 1.54) is 38.8 Å². The zero-order chi connectivity index (χ0) is 25.1. The third kappa shape index (κ3) is 4.36. The summed E-state index contributed by atoms with van der Waals surface area (Å²) in [5.41, 5.74) is 1.52. The lowest BCUT2D eigenvalue weighted by Gasteiger charge is -2.58. The number of aromatic nitrogens is 4. The van der Waals surface area contributed by atoms with Crippen molar-refractivity contribution in [2.45, 2.75) is 44.7 Å². The van der Waals surface area contributed by atoms with Crippen LogP contribution in [0.1, 0.15) is 44.2 Å². The zero-order valence-corrected chi connectivity index (χ0v) is 22.6. The van der Waals surface area contributed by atoms with E-state index in [1.807, 2.05) is 12.1 Å². The van der Waals surface area contributed by atoms with Gasteiger partial charge in [-0.05, 0) is 68.7 Å². The van der Waals surface area contributed by atoms with E-state index in [1.54, 1.807) is 16.9 Å². The molecule has 7 rings (SSSR count). The Morgan fingerprint density at radius 2 is 1.95 bits per heavy atom. The van der Waals surface area contributed by atoms with E-state index >= 15 is 0 Å². The van der Waals surface area contributed by atoms with Crippen molar-refractivity contribution in [1.29, 1.82) is 0 Å². The number of benzene rings is 1. The van der Waals surface area contributed by atoms with E-state index in [0.717, 1.165) is 61.4 Å². The lowest BCUT2D eigenvalue weighted by atomic mass is 9.63. The summed E-state index contributed by atoms with van der Waals surface area (Å²) in [6, 6.07) is 8.42. The molecule has 1 saturated carbocycles. The van der Waals surface area contributed by atoms with Crippen LogP contribution in [0.25, 0.3) is 5.78 Å². The predicted octanol–water partition coefficient (Wildman–Crippen LogP) is 4.93. The molecule has 3 saturated heterocycles. The second kappa shape index (κ2) is 9.26. The van der Waals surface area contributed by atoms with Gasteiger partial charge in [-0.15, -0.1) is 0 Å². The van der Waals surface area contributed by atoms with Crippen LogP contribution in [-0.4, -0.2) is 69.9 Å².